The molecule has 0 spiro atoms. The average Bonchev–Trinajstić information content (AvgIpc) is 3.65. The summed E-state index contributed by atoms with van der Waals surface area (Å²) in [6, 6.07) is -0.648. The van der Waals surface area contributed by atoms with E-state index in [0.717, 1.165) is 17.3 Å². The third-order valence-electron chi connectivity index (χ3n) is 6.14. The fraction of sp³-hybridized carbons (Fsp3) is 0.522. The summed E-state index contributed by atoms with van der Waals surface area (Å²) in [5.74, 6) is 0.922. The highest BCUT2D eigenvalue weighted by atomic mass is 19.4. The summed E-state index contributed by atoms with van der Waals surface area (Å²) in [6.45, 7) is 4.70. The quantitative estimate of drug-likeness (QED) is 0.350. The van der Waals surface area contributed by atoms with Crippen molar-refractivity contribution in [2.75, 3.05) is 29.9 Å². The predicted molar refractivity (Wildman–Crippen MR) is 125 cm³/mol. The number of halogens is 3. The lowest BCUT2D eigenvalue weighted by atomic mass is 9.98. The van der Waals surface area contributed by atoms with E-state index in [-0.39, 0.29) is 18.9 Å². The number of hydroxylamine groups is 1. The molecule has 10 nitrogen and oxygen atoms in total. The van der Waals surface area contributed by atoms with E-state index in [1.807, 2.05) is 19.3 Å². The first-order valence-electron chi connectivity index (χ1n) is 11.7. The van der Waals surface area contributed by atoms with Crippen molar-refractivity contribution < 1.29 is 22.8 Å². The standard InChI is InChI=1S/C23H28F3N7O3/c1-13-11-33(22-27-8-17(9-28-22)15-3-4-15)6-5-16(13)7-19(34)32-36-12-14(2)30-18-10-29-31-21(35)20(18)23(24,25)26/h8-10,14-15H,3-7,11-12H2,1-2H3,(H,32,34)(H2,30,31,35)/t14-/m0/s1. The molecule has 13 heteroatoms. The van der Waals surface area contributed by atoms with Gasteiger partial charge in [0.2, 0.25) is 11.9 Å². The number of carbonyl (C=O) groups excluding carboxylic acids is 1. The minimum Gasteiger partial charge on any atom is -0.378 e. The van der Waals surface area contributed by atoms with Crippen LogP contribution < -0.4 is 21.3 Å². The van der Waals surface area contributed by atoms with Gasteiger partial charge in [0.05, 0.1) is 24.9 Å². The van der Waals surface area contributed by atoms with Crippen molar-refractivity contribution in [3.63, 3.8) is 0 Å². The lowest BCUT2D eigenvalue weighted by molar-refractivity contribution is -0.138. The molecule has 36 heavy (non-hydrogen) atoms. The van der Waals surface area contributed by atoms with Gasteiger partial charge in [0.1, 0.15) is 5.56 Å². The van der Waals surface area contributed by atoms with Crippen LogP contribution in [-0.4, -0.2) is 51.8 Å². The van der Waals surface area contributed by atoms with Crippen LogP contribution in [0.1, 0.15) is 56.6 Å². The van der Waals surface area contributed by atoms with Gasteiger partial charge in [-0.15, -0.1) is 0 Å². The zero-order chi connectivity index (χ0) is 25.9. The van der Waals surface area contributed by atoms with Crippen molar-refractivity contribution in [3.8, 4) is 0 Å². The van der Waals surface area contributed by atoms with Crippen LogP contribution in [0.2, 0.25) is 0 Å². The molecular formula is C23H28F3N7O3. The highest BCUT2D eigenvalue weighted by molar-refractivity contribution is 5.77. The Morgan fingerprint density at radius 1 is 1.28 bits per heavy atom. The molecule has 0 aromatic carbocycles. The summed E-state index contributed by atoms with van der Waals surface area (Å²) in [6.07, 6.45) is 3.05. The molecule has 3 N–H and O–H groups in total. The Balaban J connectivity index is 1.23. The van der Waals surface area contributed by atoms with Gasteiger partial charge in [-0.25, -0.2) is 20.5 Å². The molecule has 1 fully saturated rings. The second kappa shape index (κ2) is 10.6. The number of H-pyrrole nitrogens is 1. The van der Waals surface area contributed by atoms with Gasteiger partial charge in [-0.1, -0.05) is 11.1 Å². The molecule has 2 aromatic rings. The van der Waals surface area contributed by atoms with E-state index in [2.05, 4.69) is 30.8 Å². The van der Waals surface area contributed by atoms with Crippen LogP contribution in [0.25, 0.3) is 0 Å². The minimum absolute atomic E-state index is 0.129. The lowest BCUT2D eigenvalue weighted by Gasteiger charge is -2.29. The smallest absolute Gasteiger partial charge is 0.378 e. The first kappa shape index (κ1) is 25.6. The first-order chi connectivity index (χ1) is 17.1. The highest BCUT2D eigenvalue weighted by Crippen LogP contribution is 2.39. The Bertz CT molecular complexity index is 1180. The van der Waals surface area contributed by atoms with Crippen LogP contribution >= 0.6 is 0 Å². The van der Waals surface area contributed by atoms with Crippen LogP contribution in [0.4, 0.5) is 24.8 Å². The number of anilines is 2. The van der Waals surface area contributed by atoms with E-state index in [1.165, 1.54) is 18.4 Å². The number of carbonyl (C=O) groups is 1. The van der Waals surface area contributed by atoms with Crippen LogP contribution in [0.3, 0.4) is 0 Å². The SMILES string of the molecule is CC1=C(CC(=O)NOC[C@H](C)Nc2cn[nH]c(=O)c2C(F)(F)F)CCN(c2ncc(C3CC3)cn2)C1. The van der Waals surface area contributed by atoms with E-state index in [9.17, 15) is 22.8 Å². The fourth-order valence-corrected chi connectivity index (χ4v) is 4.07. The lowest BCUT2D eigenvalue weighted by Crippen LogP contribution is -2.35. The third-order valence-corrected chi connectivity index (χ3v) is 6.14. The van der Waals surface area contributed by atoms with Gasteiger partial charge in [0.25, 0.3) is 5.56 Å². The maximum atomic E-state index is 13.1. The average molecular weight is 508 g/mol. The maximum Gasteiger partial charge on any atom is 0.423 e. The number of rotatable bonds is 9. The van der Waals surface area contributed by atoms with Gasteiger partial charge in [-0.05, 0) is 44.6 Å². The van der Waals surface area contributed by atoms with Crippen LogP contribution in [0.15, 0.2) is 34.5 Å². The molecule has 2 aliphatic rings. The van der Waals surface area contributed by atoms with Gasteiger partial charge in [-0.3, -0.25) is 14.4 Å². The molecular weight excluding hydrogens is 479 g/mol. The first-order valence-corrected chi connectivity index (χ1v) is 11.7. The summed E-state index contributed by atoms with van der Waals surface area (Å²) >= 11 is 0. The number of hydrogen-bond acceptors (Lipinski definition) is 8. The van der Waals surface area contributed by atoms with Crippen molar-refractivity contribution in [1.82, 2.24) is 25.6 Å². The van der Waals surface area contributed by atoms with E-state index < -0.39 is 29.0 Å². The summed E-state index contributed by atoms with van der Waals surface area (Å²) in [7, 11) is 0. The van der Waals surface area contributed by atoms with Crippen molar-refractivity contribution in [3.05, 3.63) is 51.2 Å². The summed E-state index contributed by atoms with van der Waals surface area (Å²) < 4.78 is 39.4. The molecule has 0 saturated heterocycles. The summed E-state index contributed by atoms with van der Waals surface area (Å²) in [4.78, 5) is 40.2. The van der Waals surface area contributed by atoms with E-state index in [1.54, 1.807) is 12.0 Å². The zero-order valence-corrected chi connectivity index (χ0v) is 20.0. The number of aromatic nitrogens is 4. The Labute approximate surface area is 205 Å². The topological polar surface area (TPSA) is 125 Å². The number of alkyl halides is 3. The second-order valence-electron chi connectivity index (χ2n) is 9.19. The van der Waals surface area contributed by atoms with Crippen LogP contribution in [0, 0.1) is 0 Å². The monoisotopic (exact) mass is 507 g/mol. The summed E-state index contributed by atoms with van der Waals surface area (Å²) in [5.41, 5.74) is 2.39. The zero-order valence-electron chi connectivity index (χ0n) is 20.0. The van der Waals surface area contributed by atoms with Crippen molar-refractivity contribution in [2.45, 2.75) is 57.7 Å². The molecule has 0 unspecified atom stereocenters. The molecule has 4 rings (SSSR count). The Morgan fingerprint density at radius 3 is 2.64 bits per heavy atom. The second-order valence-corrected chi connectivity index (χ2v) is 9.19. The van der Waals surface area contributed by atoms with Crippen LogP contribution in [0.5, 0.6) is 0 Å². The molecule has 1 amide bonds. The molecule has 1 aliphatic carbocycles. The molecule has 194 valence electrons. The van der Waals surface area contributed by atoms with E-state index in [0.29, 0.717) is 31.4 Å². The number of nitrogens with one attached hydrogen (secondary N) is 3. The maximum absolute atomic E-state index is 13.1. The van der Waals surface area contributed by atoms with Gasteiger partial charge >= 0.3 is 6.18 Å². The largest absolute Gasteiger partial charge is 0.423 e. The Kier molecular flexibility index (Phi) is 7.57. The Morgan fingerprint density at radius 2 is 2.00 bits per heavy atom. The number of nitrogens with zero attached hydrogens (tertiary/aromatic N) is 4. The van der Waals surface area contributed by atoms with Gasteiger partial charge < -0.3 is 10.2 Å². The van der Waals surface area contributed by atoms with Gasteiger partial charge in [0.15, 0.2) is 0 Å². The Hall–Kier alpha value is -3.48. The normalized spacial score (nSPS) is 17.2. The highest BCUT2D eigenvalue weighted by Gasteiger charge is 2.37. The van der Waals surface area contributed by atoms with Crippen molar-refractivity contribution >= 4 is 17.5 Å². The van der Waals surface area contributed by atoms with Gasteiger partial charge in [0, 0.05) is 31.5 Å². The fourth-order valence-electron chi connectivity index (χ4n) is 4.07. The molecule has 3 heterocycles. The van der Waals surface area contributed by atoms with E-state index in [4.69, 9.17) is 4.84 Å². The molecule has 0 bridgehead atoms. The molecule has 1 saturated carbocycles. The molecule has 1 atom stereocenters. The van der Waals surface area contributed by atoms with Gasteiger partial charge in [-0.2, -0.15) is 18.3 Å². The number of hydrogen-bond donors (Lipinski definition) is 3. The summed E-state index contributed by atoms with van der Waals surface area (Å²) in [5, 5.41) is 7.72. The minimum atomic E-state index is -4.85. The van der Waals surface area contributed by atoms with Crippen LogP contribution in [-0.2, 0) is 15.8 Å². The molecule has 1 aliphatic heterocycles. The molecule has 0 radical (unpaired) electrons. The third kappa shape index (κ3) is 6.39. The molecule has 2 aromatic heterocycles. The van der Waals surface area contributed by atoms with Crippen molar-refractivity contribution in [2.24, 2.45) is 0 Å². The predicted octanol–water partition coefficient (Wildman–Crippen LogP) is 2.92. The number of amides is 1. The van der Waals surface area contributed by atoms with E-state index >= 15 is 0 Å². The van der Waals surface area contributed by atoms with Crippen molar-refractivity contribution in [1.29, 1.82) is 0 Å². The number of aromatic amines is 1.